The van der Waals surface area contributed by atoms with Gasteiger partial charge in [-0.3, -0.25) is 0 Å². The van der Waals surface area contributed by atoms with Gasteiger partial charge in [-0.15, -0.1) is 6.58 Å². The maximum absolute atomic E-state index is 9.59. The van der Waals surface area contributed by atoms with Crippen molar-refractivity contribution >= 4 is 0 Å². The van der Waals surface area contributed by atoms with Gasteiger partial charge < -0.3 is 5.11 Å². The van der Waals surface area contributed by atoms with Gasteiger partial charge in [-0.25, -0.2) is 0 Å². The normalized spacial score (nSPS) is 9.71. The van der Waals surface area contributed by atoms with Crippen molar-refractivity contribution in [1.82, 2.24) is 0 Å². The maximum Gasteiger partial charge on any atom is -0.0319 e. The lowest BCUT2D eigenvalue weighted by atomic mass is 10.3. The number of allylic oxidation sites excluding steroid dienone is 2. The summed E-state index contributed by atoms with van der Waals surface area (Å²) >= 11 is 0. The molecule has 0 radical (unpaired) electrons. The van der Waals surface area contributed by atoms with Crippen LogP contribution in [0.4, 0.5) is 0 Å². The average molecular weight is 97.1 g/mol. The number of rotatable bonds is 3. The second-order valence-corrected chi connectivity index (χ2v) is 1.24. The molecule has 0 rings (SSSR count). The highest BCUT2D eigenvalue weighted by Gasteiger charge is 1.67. The molecule has 0 saturated heterocycles. The minimum Gasteiger partial charge on any atom is -0.878 e. The molecule has 0 unspecified atom stereocenters. The SMILES string of the molecule is C=CCC/C=C/[O-]. The Kier molecular flexibility index (Phi) is 4.74. The van der Waals surface area contributed by atoms with E-state index >= 15 is 0 Å². The first-order chi connectivity index (χ1) is 3.41. The van der Waals surface area contributed by atoms with E-state index in [1.807, 2.05) is 0 Å². The zero-order valence-electron chi connectivity index (χ0n) is 4.26. The highest BCUT2D eigenvalue weighted by Crippen LogP contribution is 1.87. The zero-order chi connectivity index (χ0) is 5.54. The predicted octanol–water partition coefficient (Wildman–Crippen LogP) is 0.827. The lowest BCUT2D eigenvalue weighted by Gasteiger charge is -1.86. The van der Waals surface area contributed by atoms with E-state index in [2.05, 4.69) is 6.58 Å². The summed E-state index contributed by atoms with van der Waals surface area (Å²) in [5.74, 6) is 0. The summed E-state index contributed by atoms with van der Waals surface area (Å²) in [7, 11) is 0. The van der Waals surface area contributed by atoms with Crippen molar-refractivity contribution in [2.75, 3.05) is 0 Å². The van der Waals surface area contributed by atoms with Gasteiger partial charge in [0.25, 0.3) is 0 Å². The highest BCUT2D eigenvalue weighted by molar-refractivity contribution is 4.76. The van der Waals surface area contributed by atoms with E-state index in [1.54, 1.807) is 12.2 Å². The quantitative estimate of drug-likeness (QED) is 0.290. The third-order valence-corrected chi connectivity index (χ3v) is 0.634. The molecule has 0 heterocycles. The fraction of sp³-hybridized carbons (Fsp3) is 0.333. The molecule has 0 N–H and O–H groups in total. The fourth-order valence-electron chi connectivity index (χ4n) is 0.282. The molecule has 7 heavy (non-hydrogen) atoms. The Labute approximate surface area is 44.0 Å². The van der Waals surface area contributed by atoms with E-state index in [1.165, 1.54) is 0 Å². The third kappa shape index (κ3) is 5.28. The molecule has 0 fully saturated rings. The van der Waals surface area contributed by atoms with Gasteiger partial charge in [0.1, 0.15) is 0 Å². The Morgan fingerprint density at radius 1 is 1.43 bits per heavy atom. The Morgan fingerprint density at radius 3 is 2.57 bits per heavy atom. The largest absolute Gasteiger partial charge is 0.878 e. The van der Waals surface area contributed by atoms with Crippen molar-refractivity contribution < 1.29 is 5.11 Å². The van der Waals surface area contributed by atoms with Gasteiger partial charge >= 0.3 is 0 Å². The number of hydrogen-bond donors (Lipinski definition) is 0. The molecule has 0 aromatic carbocycles. The Bertz CT molecular complexity index is 64.6. The molecule has 1 heteroatoms. The molecule has 0 aromatic rings. The Morgan fingerprint density at radius 2 is 2.14 bits per heavy atom. The van der Waals surface area contributed by atoms with Crippen LogP contribution < -0.4 is 5.11 Å². The standard InChI is InChI=1S/C6H10O/c1-2-3-4-5-6-7/h2,5-7H,1,3-4H2/p-1/b6-5+. The van der Waals surface area contributed by atoms with E-state index in [4.69, 9.17) is 0 Å². The summed E-state index contributed by atoms with van der Waals surface area (Å²) in [5.41, 5.74) is 0. The van der Waals surface area contributed by atoms with Crippen LogP contribution in [0.5, 0.6) is 0 Å². The van der Waals surface area contributed by atoms with Crippen LogP contribution >= 0.6 is 0 Å². The van der Waals surface area contributed by atoms with E-state index in [-0.39, 0.29) is 0 Å². The minimum atomic E-state index is 0.809. The molecule has 0 saturated carbocycles. The van der Waals surface area contributed by atoms with E-state index < -0.39 is 0 Å². The van der Waals surface area contributed by atoms with Gasteiger partial charge in [0.05, 0.1) is 0 Å². The van der Waals surface area contributed by atoms with Crippen LogP contribution in [0.25, 0.3) is 0 Å². The smallest absolute Gasteiger partial charge is 0.0319 e. The Hall–Kier alpha value is -0.720. The summed E-state index contributed by atoms with van der Waals surface area (Å²) in [6.07, 6.45) is 5.91. The van der Waals surface area contributed by atoms with Crippen LogP contribution in [-0.4, -0.2) is 0 Å². The van der Waals surface area contributed by atoms with Gasteiger partial charge in [-0.2, -0.15) is 6.26 Å². The molecular weight excluding hydrogens is 88.1 g/mol. The summed E-state index contributed by atoms with van der Waals surface area (Å²) < 4.78 is 0. The van der Waals surface area contributed by atoms with Crippen LogP contribution in [0.1, 0.15) is 12.8 Å². The molecule has 0 aliphatic heterocycles. The van der Waals surface area contributed by atoms with Gasteiger partial charge in [0.15, 0.2) is 0 Å². The molecule has 0 atom stereocenters. The van der Waals surface area contributed by atoms with Crippen molar-refractivity contribution in [2.45, 2.75) is 12.8 Å². The molecule has 0 amide bonds. The molecule has 0 aliphatic rings. The van der Waals surface area contributed by atoms with Gasteiger partial charge in [-0.05, 0) is 12.8 Å². The first-order valence-electron chi connectivity index (χ1n) is 2.29. The van der Waals surface area contributed by atoms with Crippen LogP contribution in [0.3, 0.4) is 0 Å². The van der Waals surface area contributed by atoms with Crippen LogP contribution in [0.15, 0.2) is 25.0 Å². The summed E-state index contributed by atoms with van der Waals surface area (Å²) in [4.78, 5) is 0. The van der Waals surface area contributed by atoms with E-state index in [9.17, 15) is 5.11 Å². The lowest BCUT2D eigenvalue weighted by molar-refractivity contribution is -0.275. The molecular formula is C6H9O-. The van der Waals surface area contributed by atoms with E-state index in [0.29, 0.717) is 0 Å². The van der Waals surface area contributed by atoms with Crippen LogP contribution in [0, 0.1) is 0 Å². The van der Waals surface area contributed by atoms with Crippen molar-refractivity contribution in [3.63, 3.8) is 0 Å². The van der Waals surface area contributed by atoms with Crippen molar-refractivity contribution in [3.05, 3.63) is 25.0 Å². The average Bonchev–Trinajstić information content (AvgIpc) is 1.69. The van der Waals surface area contributed by atoms with Crippen molar-refractivity contribution in [3.8, 4) is 0 Å². The van der Waals surface area contributed by atoms with E-state index in [0.717, 1.165) is 19.1 Å². The first-order valence-corrected chi connectivity index (χ1v) is 2.29. The monoisotopic (exact) mass is 97.1 g/mol. The maximum atomic E-state index is 9.59. The lowest BCUT2D eigenvalue weighted by Crippen LogP contribution is -1.83. The van der Waals surface area contributed by atoms with Crippen LogP contribution in [0.2, 0.25) is 0 Å². The minimum absolute atomic E-state index is 0.809. The van der Waals surface area contributed by atoms with Crippen molar-refractivity contribution in [1.29, 1.82) is 0 Å². The molecule has 0 bridgehead atoms. The molecule has 0 spiro atoms. The molecule has 40 valence electrons. The molecule has 1 nitrogen and oxygen atoms in total. The topological polar surface area (TPSA) is 23.1 Å². The summed E-state index contributed by atoms with van der Waals surface area (Å²) in [5, 5.41) is 9.59. The van der Waals surface area contributed by atoms with Gasteiger partial charge in [0.2, 0.25) is 0 Å². The number of hydrogen-bond acceptors (Lipinski definition) is 1. The second kappa shape index (κ2) is 5.28. The van der Waals surface area contributed by atoms with Gasteiger partial charge in [0, 0.05) is 0 Å². The molecule has 0 aliphatic carbocycles. The predicted molar refractivity (Wildman–Crippen MR) is 28.6 cm³/mol. The van der Waals surface area contributed by atoms with Crippen LogP contribution in [-0.2, 0) is 0 Å². The third-order valence-electron chi connectivity index (χ3n) is 0.634. The fourth-order valence-corrected chi connectivity index (χ4v) is 0.282. The number of unbranched alkanes of at least 4 members (excludes halogenated alkanes) is 1. The summed E-state index contributed by atoms with van der Waals surface area (Å²) in [6.45, 7) is 3.50. The molecule has 0 aromatic heterocycles. The highest BCUT2D eigenvalue weighted by atomic mass is 16.2. The Balaban J connectivity index is 2.82. The zero-order valence-corrected chi connectivity index (χ0v) is 4.26. The van der Waals surface area contributed by atoms with Gasteiger partial charge in [-0.1, -0.05) is 12.2 Å². The van der Waals surface area contributed by atoms with Crippen molar-refractivity contribution in [2.24, 2.45) is 0 Å². The summed E-state index contributed by atoms with van der Waals surface area (Å²) in [6, 6.07) is 0. The first kappa shape index (κ1) is 6.28. The second-order valence-electron chi connectivity index (χ2n) is 1.24.